The molecule has 0 fully saturated rings. The summed E-state index contributed by atoms with van der Waals surface area (Å²) in [6.45, 7) is 0. The summed E-state index contributed by atoms with van der Waals surface area (Å²) in [5.74, 6) is 0.0998. The van der Waals surface area contributed by atoms with E-state index in [0.29, 0.717) is 11.2 Å². The number of fused-ring (bicyclic) bond motifs is 1. The van der Waals surface area contributed by atoms with Gasteiger partial charge in [-0.3, -0.25) is 0 Å². The van der Waals surface area contributed by atoms with E-state index in [9.17, 15) is 10.2 Å². The number of hydrogen-bond donors (Lipinski definition) is 2. The second kappa shape index (κ2) is 6.04. The van der Waals surface area contributed by atoms with Crippen LogP contribution in [0.1, 0.15) is 16.8 Å². The van der Waals surface area contributed by atoms with Crippen LogP contribution in [0.15, 0.2) is 91.0 Å². The molecule has 0 aliphatic rings. The number of aliphatic hydroxyl groups is 1. The lowest BCUT2D eigenvalue weighted by Gasteiger charge is -2.29. The Morgan fingerprint density at radius 1 is 0.640 bits per heavy atom. The van der Waals surface area contributed by atoms with E-state index in [2.05, 4.69) is 4.98 Å². The van der Waals surface area contributed by atoms with Crippen LogP contribution in [0.25, 0.3) is 10.9 Å². The molecule has 0 saturated heterocycles. The molecule has 0 bridgehead atoms. The summed E-state index contributed by atoms with van der Waals surface area (Å²) in [6, 6.07) is 27.8. The van der Waals surface area contributed by atoms with Crippen molar-refractivity contribution in [2.45, 2.75) is 5.60 Å². The minimum atomic E-state index is -1.40. The molecule has 0 unspecified atom stereocenters. The third kappa shape index (κ3) is 2.55. The van der Waals surface area contributed by atoms with Crippen molar-refractivity contribution in [2.24, 2.45) is 0 Å². The Balaban J connectivity index is 2.00. The standard InChI is InChI=1S/C22H17NO2/c24-19-13-7-8-16-14-15-20(23-21(16)19)22(25,17-9-3-1-4-10-17)18-11-5-2-6-12-18/h1-15,24-25H. The molecule has 1 aromatic heterocycles. The fraction of sp³-hybridized carbons (Fsp3) is 0.0455. The van der Waals surface area contributed by atoms with Crippen LogP contribution in [0.2, 0.25) is 0 Å². The molecule has 3 nitrogen and oxygen atoms in total. The summed E-state index contributed by atoms with van der Waals surface area (Å²) in [4.78, 5) is 4.60. The number of hydrogen-bond acceptors (Lipinski definition) is 3. The average molecular weight is 327 g/mol. The summed E-state index contributed by atoms with van der Waals surface area (Å²) >= 11 is 0. The maximum Gasteiger partial charge on any atom is 0.157 e. The summed E-state index contributed by atoms with van der Waals surface area (Å²) in [7, 11) is 0. The van der Waals surface area contributed by atoms with Crippen molar-refractivity contribution in [1.29, 1.82) is 0 Å². The Morgan fingerprint density at radius 2 is 1.24 bits per heavy atom. The molecule has 4 rings (SSSR count). The fourth-order valence-electron chi connectivity index (χ4n) is 3.15. The smallest absolute Gasteiger partial charge is 0.157 e. The van der Waals surface area contributed by atoms with Crippen LogP contribution >= 0.6 is 0 Å². The van der Waals surface area contributed by atoms with Crippen molar-refractivity contribution in [3.63, 3.8) is 0 Å². The summed E-state index contributed by atoms with van der Waals surface area (Å²) in [6.07, 6.45) is 0. The zero-order valence-electron chi connectivity index (χ0n) is 13.5. The van der Waals surface area contributed by atoms with Crippen molar-refractivity contribution < 1.29 is 10.2 Å². The first-order valence-electron chi connectivity index (χ1n) is 8.12. The van der Waals surface area contributed by atoms with E-state index >= 15 is 0 Å². The van der Waals surface area contributed by atoms with Gasteiger partial charge in [-0.2, -0.15) is 0 Å². The molecule has 3 heteroatoms. The van der Waals surface area contributed by atoms with Gasteiger partial charge in [-0.15, -0.1) is 0 Å². The molecule has 2 N–H and O–H groups in total. The fourth-order valence-corrected chi connectivity index (χ4v) is 3.15. The summed E-state index contributed by atoms with van der Waals surface area (Å²) in [5.41, 5.74) is 0.995. The molecule has 0 aliphatic carbocycles. The van der Waals surface area contributed by atoms with Crippen LogP contribution in [-0.4, -0.2) is 15.2 Å². The van der Waals surface area contributed by atoms with Crippen LogP contribution in [0.5, 0.6) is 5.75 Å². The molecule has 0 atom stereocenters. The molecular weight excluding hydrogens is 310 g/mol. The van der Waals surface area contributed by atoms with Gasteiger partial charge < -0.3 is 10.2 Å². The van der Waals surface area contributed by atoms with Gasteiger partial charge in [0.1, 0.15) is 11.3 Å². The van der Waals surface area contributed by atoms with Gasteiger partial charge in [0.05, 0.1) is 5.69 Å². The van der Waals surface area contributed by atoms with E-state index in [1.165, 1.54) is 0 Å². The topological polar surface area (TPSA) is 53.4 Å². The minimum absolute atomic E-state index is 0.0998. The second-order valence-electron chi connectivity index (χ2n) is 5.99. The number of nitrogens with zero attached hydrogens (tertiary/aromatic N) is 1. The highest BCUT2D eigenvalue weighted by molar-refractivity contribution is 5.84. The molecule has 0 amide bonds. The SMILES string of the molecule is Oc1cccc2ccc(C(O)(c3ccccc3)c3ccccc3)nc12. The molecule has 3 aromatic carbocycles. The molecular formula is C22H17NO2. The molecule has 0 radical (unpaired) electrons. The van der Waals surface area contributed by atoms with Crippen molar-refractivity contribution >= 4 is 10.9 Å². The Kier molecular flexibility index (Phi) is 3.71. The first-order valence-corrected chi connectivity index (χ1v) is 8.12. The third-order valence-corrected chi connectivity index (χ3v) is 4.45. The average Bonchev–Trinajstić information content (AvgIpc) is 2.69. The lowest BCUT2D eigenvalue weighted by molar-refractivity contribution is 0.121. The minimum Gasteiger partial charge on any atom is -0.506 e. The molecule has 1 heterocycles. The highest BCUT2D eigenvalue weighted by Gasteiger charge is 2.35. The van der Waals surface area contributed by atoms with E-state index in [1.54, 1.807) is 12.1 Å². The number of phenolic OH excluding ortho intramolecular Hbond substituents is 1. The molecule has 0 aliphatic heterocycles. The van der Waals surface area contributed by atoms with Crippen molar-refractivity contribution in [1.82, 2.24) is 4.98 Å². The summed E-state index contributed by atoms with van der Waals surface area (Å²) in [5, 5.41) is 22.7. The van der Waals surface area contributed by atoms with Gasteiger partial charge in [-0.1, -0.05) is 78.9 Å². The molecule has 4 aromatic rings. The third-order valence-electron chi connectivity index (χ3n) is 4.45. The van der Waals surface area contributed by atoms with Gasteiger partial charge in [0, 0.05) is 5.39 Å². The Labute approximate surface area is 145 Å². The predicted octanol–water partition coefficient (Wildman–Crippen LogP) is 4.22. The van der Waals surface area contributed by atoms with E-state index < -0.39 is 5.60 Å². The number of aromatic nitrogens is 1. The Hall–Kier alpha value is -3.17. The molecule has 0 saturated carbocycles. The van der Waals surface area contributed by atoms with Crippen LogP contribution < -0.4 is 0 Å². The second-order valence-corrected chi connectivity index (χ2v) is 5.99. The number of pyridine rings is 1. The highest BCUT2D eigenvalue weighted by atomic mass is 16.3. The molecule has 122 valence electrons. The Bertz CT molecular complexity index is 974. The van der Waals surface area contributed by atoms with E-state index in [0.717, 1.165) is 16.5 Å². The van der Waals surface area contributed by atoms with E-state index in [-0.39, 0.29) is 5.75 Å². The van der Waals surface area contributed by atoms with Gasteiger partial charge >= 0.3 is 0 Å². The van der Waals surface area contributed by atoms with Crippen molar-refractivity contribution in [2.75, 3.05) is 0 Å². The number of aromatic hydroxyl groups is 1. The van der Waals surface area contributed by atoms with Crippen LogP contribution in [0, 0.1) is 0 Å². The summed E-state index contributed by atoms with van der Waals surface area (Å²) < 4.78 is 0. The van der Waals surface area contributed by atoms with Crippen molar-refractivity contribution in [3.8, 4) is 5.75 Å². The molecule has 0 spiro atoms. The zero-order chi connectivity index (χ0) is 17.3. The van der Waals surface area contributed by atoms with Gasteiger partial charge in [-0.25, -0.2) is 4.98 Å². The van der Waals surface area contributed by atoms with Gasteiger partial charge in [-0.05, 0) is 23.3 Å². The quantitative estimate of drug-likeness (QED) is 0.592. The van der Waals surface area contributed by atoms with Crippen LogP contribution in [0.3, 0.4) is 0 Å². The monoisotopic (exact) mass is 327 g/mol. The maximum absolute atomic E-state index is 11.7. The normalized spacial score (nSPS) is 11.6. The Morgan fingerprint density at radius 3 is 1.84 bits per heavy atom. The lowest BCUT2D eigenvalue weighted by Crippen LogP contribution is -2.30. The highest BCUT2D eigenvalue weighted by Crippen LogP contribution is 2.37. The van der Waals surface area contributed by atoms with Crippen LogP contribution in [0.4, 0.5) is 0 Å². The first-order chi connectivity index (χ1) is 12.2. The maximum atomic E-state index is 11.7. The van der Waals surface area contributed by atoms with Gasteiger partial charge in [0.25, 0.3) is 0 Å². The first kappa shape index (κ1) is 15.4. The van der Waals surface area contributed by atoms with E-state index in [4.69, 9.17) is 0 Å². The largest absolute Gasteiger partial charge is 0.506 e. The number of para-hydroxylation sites is 1. The number of benzene rings is 3. The number of phenols is 1. The zero-order valence-corrected chi connectivity index (χ0v) is 13.5. The van der Waals surface area contributed by atoms with Crippen LogP contribution in [-0.2, 0) is 5.60 Å². The van der Waals surface area contributed by atoms with Gasteiger partial charge in [0.2, 0.25) is 0 Å². The predicted molar refractivity (Wildman–Crippen MR) is 98.4 cm³/mol. The van der Waals surface area contributed by atoms with Gasteiger partial charge in [0.15, 0.2) is 5.60 Å². The lowest BCUT2D eigenvalue weighted by atomic mass is 9.83. The molecule has 25 heavy (non-hydrogen) atoms. The van der Waals surface area contributed by atoms with E-state index in [1.807, 2.05) is 78.9 Å². The van der Waals surface area contributed by atoms with Crippen molar-refractivity contribution in [3.05, 3.63) is 108 Å². The number of rotatable bonds is 3.